The van der Waals surface area contributed by atoms with Crippen LogP contribution in [0.3, 0.4) is 0 Å². The average Bonchev–Trinajstić information content (AvgIpc) is 2.25. The lowest BCUT2D eigenvalue weighted by atomic mass is 10.2. The van der Waals surface area contributed by atoms with Gasteiger partial charge in [0, 0.05) is 5.71 Å². The number of benzene rings is 1. The quantitative estimate of drug-likeness (QED) is 0.421. The highest BCUT2D eigenvalue weighted by Gasteiger charge is 2.10. The van der Waals surface area contributed by atoms with E-state index >= 15 is 0 Å². The highest BCUT2D eigenvalue weighted by molar-refractivity contribution is 7.85. The predicted octanol–water partition coefficient (Wildman–Crippen LogP) is 0.905. The number of carbonyl (C=O) groups excluding carboxylic acids is 1. The summed E-state index contributed by atoms with van der Waals surface area (Å²) in [7, 11) is -4.21. The molecule has 0 heterocycles. The smallest absolute Gasteiger partial charge is 0.294 e. The molecule has 0 aliphatic heterocycles. The molecule has 8 heteroatoms. The molecule has 0 aliphatic rings. The second kappa shape index (κ2) is 5.81. The molecule has 1 aromatic rings. The molecule has 0 saturated carbocycles. The van der Waals surface area contributed by atoms with Crippen molar-refractivity contribution in [2.24, 2.45) is 10.8 Å². The molecule has 0 fully saturated rings. The molecule has 1 rings (SSSR count). The molecule has 0 saturated heterocycles. The number of nitrogens with one attached hydrogen (secondary N) is 1. The van der Waals surface area contributed by atoms with Gasteiger partial charge in [-0.25, -0.2) is 0 Å². The molecule has 0 aliphatic carbocycles. The number of rotatable bonds is 5. The van der Waals surface area contributed by atoms with Gasteiger partial charge in [-0.15, -0.1) is 0 Å². The highest BCUT2D eigenvalue weighted by Crippen LogP contribution is 2.19. The fourth-order valence-corrected chi connectivity index (χ4v) is 1.94. The van der Waals surface area contributed by atoms with Crippen molar-refractivity contribution < 1.29 is 17.8 Å². The molecule has 104 valence electrons. The van der Waals surface area contributed by atoms with Crippen molar-refractivity contribution in [3.05, 3.63) is 23.8 Å². The zero-order chi connectivity index (χ0) is 14.6. The van der Waals surface area contributed by atoms with E-state index in [1.165, 1.54) is 18.2 Å². The Morgan fingerprint density at radius 1 is 1.47 bits per heavy atom. The van der Waals surface area contributed by atoms with E-state index < -0.39 is 16.0 Å². The Balaban J connectivity index is 2.90. The number of aryl methyl sites for hydroxylation is 1. The van der Waals surface area contributed by atoms with Gasteiger partial charge in [-0.2, -0.15) is 13.5 Å². The van der Waals surface area contributed by atoms with E-state index in [9.17, 15) is 13.2 Å². The van der Waals surface area contributed by atoms with Gasteiger partial charge >= 0.3 is 0 Å². The second-order valence-electron chi connectivity index (χ2n) is 4.05. The summed E-state index contributed by atoms with van der Waals surface area (Å²) in [5.41, 5.74) is 9.38. The van der Waals surface area contributed by atoms with Crippen molar-refractivity contribution >= 4 is 27.4 Å². The molecule has 4 N–H and O–H groups in total. The highest BCUT2D eigenvalue weighted by atomic mass is 32.2. The van der Waals surface area contributed by atoms with E-state index in [4.69, 9.17) is 10.3 Å². The summed E-state index contributed by atoms with van der Waals surface area (Å²) >= 11 is 0. The molecule has 1 amide bonds. The lowest BCUT2D eigenvalue weighted by molar-refractivity contribution is -0.116. The van der Waals surface area contributed by atoms with Crippen LogP contribution in [0.15, 0.2) is 28.2 Å². The van der Waals surface area contributed by atoms with Gasteiger partial charge in [-0.3, -0.25) is 14.8 Å². The van der Waals surface area contributed by atoms with Gasteiger partial charge in [-0.05, 0) is 37.6 Å². The predicted molar refractivity (Wildman–Crippen MR) is 71.5 cm³/mol. The van der Waals surface area contributed by atoms with Gasteiger partial charge in [0.25, 0.3) is 10.1 Å². The minimum Gasteiger partial charge on any atom is -0.369 e. The van der Waals surface area contributed by atoms with Crippen molar-refractivity contribution in [3.8, 4) is 0 Å². The zero-order valence-corrected chi connectivity index (χ0v) is 11.4. The first-order valence-corrected chi connectivity index (χ1v) is 6.80. The minimum absolute atomic E-state index is 0.0369. The first kappa shape index (κ1) is 15.1. The number of hydrogen-bond donors (Lipinski definition) is 3. The monoisotopic (exact) mass is 285 g/mol. The zero-order valence-electron chi connectivity index (χ0n) is 10.5. The van der Waals surface area contributed by atoms with Crippen LogP contribution in [0.4, 0.5) is 5.69 Å². The lowest BCUT2D eigenvalue weighted by Crippen LogP contribution is -2.15. The molecule has 0 unspecified atom stereocenters. The molecule has 0 bridgehead atoms. The molecular formula is C11H15N3O4S. The number of primary amides is 1. The third-order valence-electron chi connectivity index (χ3n) is 2.29. The Hall–Kier alpha value is -1.93. The summed E-state index contributed by atoms with van der Waals surface area (Å²) in [6.07, 6.45) is 0.0369. The van der Waals surface area contributed by atoms with Gasteiger partial charge in [-0.1, -0.05) is 0 Å². The Bertz CT molecular complexity index is 623. The largest absolute Gasteiger partial charge is 0.369 e. The van der Waals surface area contributed by atoms with Gasteiger partial charge < -0.3 is 5.73 Å². The third kappa shape index (κ3) is 4.68. The molecule has 1 aromatic carbocycles. The Morgan fingerprint density at radius 2 is 2.11 bits per heavy atom. The Kier molecular flexibility index (Phi) is 4.62. The first-order valence-electron chi connectivity index (χ1n) is 5.36. The van der Waals surface area contributed by atoms with Gasteiger partial charge in [0.15, 0.2) is 0 Å². The summed E-state index contributed by atoms with van der Waals surface area (Å²) < 4.78 is 30.8. The maximum absolute atomic E-state index is 10.9. The minimum atomic E-state index is -4.21. The van der Waals surface area contributed by atoms with Crippen molar-refractivity contribution in [1.29, 1.82) is 0 Å². The number of anilines is 1. The van der Waals surface area contributed by atoms with Crippen LogP contribution in [0.1, 0.15) is 18.9 Å². The molecular weight excluding hydrogens is 270 g/mol. The lowest BCUT2D eigenvalue weighted by Gasteiger charge is -2.07. The van der Waals surface area contributed by atoms with Gasteiger partial charge in [0.05, 0.1) is 17.0 Å². The average molecular weight is 285 g/mol. The number of hydrogen-bond acceptors (Lipinski definition) is 5. The fraction of sp³-hybridized carbons (Fsp3) is 0.273. The summed E-state index contributed by atoms with van der Waals surface area (Å²) in [4.78, 5) is 10.5. The molecule has 0 aromatic heterocycles. The molecule has 0 spiro atoms. The summed E-state index contributed by atoms with van der Waals surface area (Å²) in [5, 5.41) is 3.94. The number of amides is 1. The summed E-state index contributed by atoms with van der Waals surface area (Å²) in [5.74, 6) is -0.485. The Labute approximate surface area is 111 Å². The van der Waals surface area contributed by atoms with E-state index in [0.717, 1.165) is 0 Å². The van der Waals surface area contributed by atoms with Crippen LogP contribution in [-0.2, 0) is 14.9 Å². The summed E-state index contributed by atoms with van der Waals surface area (Å²) in [6, 6.07) is 4.04. The van der Waals surface area contributed by atoms with Crippen LogP contribution in [-0.4, -0.2) is 24.6 Å². The number of nitrogens with two attached hydrogens (primary N) is 1. The van der Waals surface area contributed by atoms with Crippen molar-refractivity contribution in [1.82, 2.24) is 0 Å². The maximum Gasteiger partial charge on any atom is 0.294 e. The van der Waals surface area contributed by atoms with E-state index in [-0.39, 0.29) is 11.3 Å². The molecule has 19 heavy (non-hydrogen) atoms. The van der Waals surface area contributed by atoms with E-state index in [0.29, 0.717) is 17.0 Å². The normalized spacial score (nSPS) is 12.3. The number of nitrogens with zero attached hydrogens (tertiary/aromatic N) is 1. The number of hydrazone groups is 1. The van der Waals surface area contributed by atoms with E-state index in [1.54, 1.807) is 13.8 Å². The standard InChI is InChI=1S/C11H15N3O4S/c1-7-5-9(19(16,17)18)3-4-10(7)14-13-8(2)6-11(12)15/h3-5,14H,6H2,1-2H3,(H2,12,15)(H,16,17,18)/b13-8-. The summed E-state index contributed by atoms with van der Waals surface area (Å²) in [6.45, 7) is 3.30. The SMILES string of the molecule is C/C(CC(N)=O)=N/Nc1ccc(S(=O)(=O)O)cc1C. The number of carbonyl (C=O) groups is 1. The van der Waals surface area contributed by atoms with Crippen LogP contribution >= 0.6 is 0 Å². The van der Waals surface area contributed by atoms with Crippen molar-refractivity contribution in [3.63, 3.8) is 0 Å². The Morgan fingerprint density at radius 3 is 2.58 bits per heavy atom. The maximum atomic E-state index is 10.9. The van der Waals surface area contributed by atoms with Crippen molar-refractivity contribution in [2.75, 3.05) is 5.43 Å². The molecule has 0 atom stereocenters. The topological polar surface area (TPSA) is 122 Å². The fourth-order valence-electron chi connectivity index (χ4n) is 1.37. The van der Waals surface area contributed by atoms with Crippen LogP contribution in [0.5, 0.6) is 0 Å². The van der Waals surface area contributed by atoms with Crippen LogP contribution in [0, 0.1) is 6.92 Å². The van der Waals surface area contributed by atoms with Crippen molar-refractivity contribution in [2.45, 2.75) is 25.2 Å². The first-order chi connectivity index (χ1) is 8.70. The molecule has 0 radical (unpaired) electrons. The van der Waals surface area contributed by atoms with Crippen LogP contribution < -0.4 is 11.2 Å². The van der Waals surface area contributed by atoms with Crippen LogP contribution in [0.25, 0.3) is 0 Å². The van der Waals surface area contributed by atoms with Gasteiger partial charge in [0.2, 0.25) is 5.91 Å². The second-order valence-corrected chi connectivity index (χ2v) is 5.48. The van der Waals surface area contributed by atoms with Gasteiger partial charge in [0.1, 0.15) is 0 Å². The van der Waals surface area contributed by atoms with E-state index in [1.807, 2.05) is 0 Å². The third-order valence-corrected chi connectivity index (χ3v) is 3.14. The van der Waals surface area contributed by atoms with Crippen LogP contribution in [0.2, 0.25) is 0 Å². The van der Waals surface area contributed by atoms with E-state index in [2.05, 4.69) is 10.5 Å². The molecule has 7 nitrogen and oxygen atoms in total.